The molecule has 4 atom stereocenters. The van der Waals surface area contributed by atoms with Crippen molar-refractivity contribution in [3.05, 3.63) is 42.0 Å². The van der Waals surface area contributed by atoms with Crippen molar-refractivity contribution >= 4 is 29.4 Å². The molecule has 2 saturated heterocycles. The lowest BCUT2D eigenvalue weighted by Crippen LogP contribution is -2.44. The van der Waals surface area contributed by atoms with Gasteiger partial charge in [-0.3, -0.25) is 14.4 Å². The fourth-order valence-electron chi connectivity index (χ4n) is 4.07. The predicted molar refractivity (Wildman–Crippen MR) is 90.6 cm³/mol. The zero-order chi connectivity index (χ0) is 19.3. The third-order valence-electron chi connectivity index (χ3n) is 5.21. The Balaban J connectivity index is 1.73. The molecule has 3 aliphatic heterocycles. The molecule has 8 nitrogen and oxygen atoms in total. The minimum Gasteiger partial charge on any atom is -0.465 e. The van der Waals surface area contributed by atoms with E-state index in [0.717, 1.165) is 4.90 Å². The molecule has 0 radical (unpaired) electrons. The molecule has 8 heteroatoms. The van der Waals surface area contributed by atoms with Gasteiger partial charge in [0.1, 0.15) is 12.2 Å². The Labute approximate surface area is 154 Å². The molecule has 1 aromatic carbocycles. The molecule has 0 unspecified atom stereocenters. The summed E-state index contributed by atoms with van der Waals surface area (Å²) in [5.74, 6) is -3.61. The summed E-state index contributed by atoms with van der Waals surface area (Å²) >= 11 is 0. The number of methoxy groups -OCH3 is 1. The van der Waals surface area contributed by atoms with E-state index in [9.17, 15) is 19.2 Å². The number of imide groups is 1. The smallest absolute Gasteiger partial charge is 0.339 e. The number of benzene rings is 1. The number of hydrogen-bond donors (Lipinski definition) is 0. The van der Waals surface area contributed by atoms with Crippen molar-refractivity contribution in [3.8, 4) is 0 Å². The van der Waals surface area contributed by atoms with Gasteiger partial charge in [0.15, 0.2) is 0 Å². The summed E-state index contributed by atoms with van der Waals surface area (Å²) in [6, 6.07) is 6.28. The summed E-state index contributed by atoms with van der Waals surface area (Å²) < 4.78 is 15.7. The van der Waals surface area contributed by atoms with E-state index in [-0.39, 0.29) is 17.9 Å². The molecule has 1 aromatic rings. The number of hydrogen-bond acceptors (Lipinski definition) is 7. The van der Waals surface area contributed by atoms with E-state index in [1.54, 1.807) is 24.3 Å². The molecule has 0 aromatic heterocycles. The minimum atomic E-state index is -1.16. The molecule has 3 aliphatic rings. The Bertz CT molecular complexity index is 892. The van der Waals surface area contributed by atoms with Crippen LogP contribution in [0.15, 0.2) is 36.4 Å². The number of para-hydroxylation sites is 1. The fourth-order valence-corrected chi connectivity index (χ4v) is 4.07. The summed E-state index contributed by atoms with van der Waals surface area (Å²) in [4.78, 5) is 50.6. The molecular weight excluding hydrogens is 354 g/mol. The van der Waals surface area contributed by atoms with Gasteiger partial charge in [0.25, 0.3) is 0 Å². The number of rotatable bonds is 4. The van der Waals surface area contributed by atoms with Gasteiger partial charge in [0.05, 0.1) is 36.3 Å². The van der Waals surface area contributed by atoms with Gasteiger partial charge in [-0.1, -0.05) is 18.2 Å². The van der Waals surface area contributed by atoms with E-state index in [0.29, 0.717) is 0 Å². The summed E-state index contributed by atoms with van der Waals surface area (Å²) in [6.45, 7) is 1.11. The van der Waals surface area contributed by atoms with Gasteiger partial charge in [-0.25, -0.2) is 9.69 Å². The van der Waals surface area contributed by atoms with Crippen LogP contribution in [0.4, 0.5) is 5.69 Å². The SMILES string of the molecule is COC(=O)c1ccccc1N1C(=O)[C@@H]2[C@@H](C1=O)[C@@]1(COC(C)=O)C=C[C@H]2O1. The lowest BCUT2D eigenvalue weighted by molar-refractivity contribution is -0.150. The van der Waals surface area contributed by atoms with Crippen molar-refractivity contribution in [1.29, 1.82) is 0 Å². The molecule has 0 aliphatic carbocycles. The van der Waals surface area contributed by atoms with Gasteiger partial charge < -0.3 is 14.2 Å². The molecule has 2 bridgehead atoms. The van der Waals surface area contributed by atoms with Gasteiger partial charge >= 0.3 is 11.9 Å². The number of nitrogens with zero attached hydrogens (tertiary/aromatic N) is 1. The minimum absolute atomic E-state index is 0.122. The Morgan fingerprint density at radius 3 is 2.67 bits per heavy atom. The van der Waals surface area contributed by atoms with Crippen LogP contribution >= 0.6 is 0 Å². The zero-order valence-electron chi connectivity index (χ0n) is 14.7. The third-order valence-corrected chi connectivity index (χ3v) is 5.21. The summed E-state index contributed by atoms with van der Waals surface area (Å²) in [6.07, 6.45) is 2.83. The molecule has 4 rings (SSSR count). The second-order valence-electron chi connectivity index (χ2n) is 6.70. The predicted octanol–water partition coefficient (Wildman–Crippen LogP) is 0.849. The van der Waals surface area contributed by atoms with Crippen molar-refractivity contribution in [1.82, 2.24) is 0 Å². The van der Waals surface area contributed by atoms with Crippen LogP contribution in [0.5, 0.6) is 0 Å². The Morgan fingerprint density at radius 1 is 1.22 bits per heavy atom. The Kier molecular flexibility index (Phi) is 3.88. The molecule has 140 valence electrons. The standard InChI is InChI=1S/C19H17NO7/c1-10(21)26-9-19-8-7-13(27-19)14-15(19)17(23)20(16(14)22)12-6-4-3-5-11(12)18(24)25-2/h3-8,13-15H,9H2,1-2H3/t13-,14+,15+,19+/m1/s1. The summed E-state index contributed by atoms with van der Waals surface area (Å²) in [5.41, 5.74) is -0.865. The van der Waals surface area contributed by atoms with E-state index in [1.807, 2.05) is 0 Å². The second-order valence-corrected chi connectivity index (χ2v) is 6.70. The number of fused-ring (bicyclic) bond motifs is 5. The van der Waals surface area contributed by atoms with Crippen LogP contribution in [-0.2, 0) is 28.6 Å². The van der Waals surface area contributed by atoms with E-state index in [1.165, 1.54) is 26.2 Å². The molecular formula is C19H17NO7. The van der Waals surface area contributed by atoms with Gasteiger partial charge in [-0.05, 0) is 18.2 Å². The van der Waals surface area contributed by atoms with E-state index in [2.05, 4.69) is 0 Å². The van der Waals surface area contributed by atoms with Crippen molar-refractivity contribution in [2.45, 2.75) is 18.6 Å². The maximum absolute atomic E-state index is 13.2. The molecule has 27 heavy (non-hydrogen) atoms. The van der Waals surface area contributed by atoms with Crippen molar-refractivity contribution in [2.75, 3.05) is 18.6 Å². The summed E-state index contributed by atoms with van der Waals surface area (Å²) in [5, 5.41) is 0. The average Bonchev–Trinajstić information content (AvgIpc) is 3.30. The van der Waals surface area contributed by atoms with Crippen molar-refractivity contribution < 1.29 is 33.4 Å². The van der Waals surface area contributed by atoms with Crippen molar-refractivity contribution in [3.63, 3.8) is 0 Å². The largest absolute Gasteiger partial charge is 0.465 e. The topological polar surface area (TPSA) is 99.2 Å². The lowest BCUT2D eigenvalue weighted by atomic mass is 9.77. The van der Waals surface area contributed by atoms with Crippen LogP contribution in [0.3, 0.4) is 0 Å². The van der Waals surface area contributed by atoms with E-state index >= 15 is 0 Å². The summed E-state index contributed by atoms with van der Waals surface area (Å²) in [7, 11) is 1.23. The van der Waals surface area contributed by atoms with E-state index < -0.39 is 47.3 Å². The zero-order valence-corrected chi connectivity index (χ0v) is 14.7. The highest BCUT2D eigenvalue weighted by Crippen LogP contribution is 2.52. The Hall–Kier alpha value is -3.00. The van der Waals surface area contributed by atoms with Gasteiger partial charge in [-0.2, -0.15) is 0 Å². The normalized spacial score (nSPS) is 30.6. The van der Waals surface area contributed by atoms with Gasteiger partial charge in [0, 0.05) is 6.92 Å². The highest BCUT2D eigenvalue weighted by molar-refractivity contribution is 6.25. The number of esters is 2. The fraction of sp³-hybridized carbons (Fsp3) is 0.368. The van der Waals surface area contributed by atoms with Crippen LogP contribution in [0.2, 0.25) is 0 Å². The molecule has 0 saturated carbocycles. The highest BCUT2D eigenvalue weighted by Gasteiger charge is 2.68. The first-order chi connectivity index (χ1) is 12.9. The van der Waals surface area contributed by atoms with Crippen LogP contribution in [0.1, 0.15) is 17.3 Å². The van der Waals surface area contributed by atoms with E-state index in [4.69, 9.17) is 14.2 Å². The molecule has 3 heterocycles. The van der Waals surface area contributed by atoms with Crippen LogP contribution in [0, 0.1) is 11.8 Å². The van der Waals surface area contributed by atoms with Crippen LogP contribution < -0.4 is 4.90 Å². The van der Waals surface area contributed by atoms with Crippen LogP contribution in [-0.4, -0.2) is 49.2 Å². The number of ether oxygens (including phenoxy) is 3. The van der Waals surface area contributed by atoms with Crippen LogP contribution in [0.25, 0.3) is 0 Å². The number of carbonyl (C=O) groups is 4. The molecule has 2 fully saturated rings. The first-order valence-corrected chi connectivity index (χ1v) is 8.45. The lowest BCUT2D eigenvalue weighted by Gasteiger charge is -2.28. The quantitative estimate of drug-likeness (QED) is 0.439. The monoisotopic (exact) mass is 371 g/mol. The maximum atomic E-state index is 13.2. The maximum Gasteiger partial charge on any atom is 0.339 e. The first kappa shape index (κ1) is 17.4. The van der Waals surface area contributed by atoms with Gasteiger partial charge in [0.2, 0.25) is 11.8 Å². The second kappa shape index (κ2) is 6.02. The van der Waals surface area contributed by atoms with Crippen molar-refractivity contribution in [2.24, 2.45) is 11.8 Å². The molecule has 0 N–H and O–H groups in total. The highest BCUT2D eigenvalue weighted by atomic mass is 16.6. The number of carbonyl (C=O) groups excluding carboxylic acids is 4. The number of amides is 2. The Morgan fingerprint density at radius 2 is 1.96 bits per heavy atom. The molecule has 2 amide bonds. The number of anilines is 1. The van der Waals surface area contributed by atoms with Gasteiger partial charge in [-0.15, -0.1) is 0 Å². The third kappa shape index (κ3) is 2.40. The first-order valence-electron chi connectivity index (χ1n) is 8.45. The average molecular weight is 371 g/mol. The molecule has 0 spiro atoms.